The van der Waals surface area contributed by atoms with E-state index in [2.05, 4.69) is 25.6 Å². The van der Waals surface area contributed by atoms with Crippen molar-refractivity contribution >= 4 is 17.9 Å². The predicted octanol–water partition coefficient (Wildman–Crippen LogP) is 0.677. The second-order valence-electron chi connectivity index (χ2n) is 3.52. The summed E-state index contributed by atoms with van der Waals surface area (Å²) in [5, 5.41) is 5.56. The van der Waals surface area contributed by atoms with Crippen molar-refractivity contribution in [3.63, 3.8) is 0 Å². The molecule has 0 aromatic carbocycles. The van der Waals surface area contributed by atoms with Crippen LogP contribution in [-0.2, 0) is 9.53 Å². The third kappa shape index (κ3) is 5.36. The molecule has 0 bridgehead atoms. The molecule has 1 rings (SSSR count). The molecule has 0 aliphatic carbocycles. The van der Waals surface area contributed by atoms with Crippen molar-refractivity contribution in [1.29, 1.82) is 0 Å². The van der Waals surface area contributed by atoms with Crippen LogP contribution in [0, 0.1) is 0 Å². The lowest BCUT2D eigenvalue weighted by atomic mass is 10.5. The van der Waals surface area contributed by atoms with Gasteiger partial charge in [-0.1, -0.05) is 6.92 Å². The lowest BCUT2D eigenvalue weighted by molar-refractivity contribution is -0.140. The van der Waals surface area contributed by atoms with E-state index in [-0.39, 0.29) is 24.5 Å². The van der Waals surface area contributed by atoms with E-state index in [1.54, 1.807) is 14.0 Å². The zero-order chi connectivity index (χ0) is 14.1. The Morgan fingerprint density at radius 2 is 1.95 bits per heavy atom. The van der Waals surface area contributed by atoms with Gasteiger partial charge in [0.05, 0.1) is 13.2 Å². The van der Waals surface area contributed by atoms with Crippen molar-refractivity contribution in [3.8, 4) is 6.01 Å². The molecule has 0 saturated heterocycles. The van der Waals surface area contributed by atoms with Crippen molar-refractivity contribution in [1.82, 2.24) is 15.0 Å². The Hall–Kier alpha value is -2.12. The number of esters is 1. The fourth-order valence-corrected chi connectivity index (χ4v) is 1.17. The summed E-state index contributed by atoms with van der Waals surface area (Å²) in [6.45, 7) is 4.58. The molecule has 0 radical (unpaired) electrons. The maximum atomic E-state index is 11.2. The number of carbonyl (C=O) groups excluding carboxylic acids is 1. The molecule has 8 heteroatoms. The molecule has 0 amide bonds. The first-order valence-electron chi connectivity index (χ1n) is 6.15. The van der Waals surface area contributed by atoms with Crippen LogP contribution in [0.5, 0.6) is 6.01 Å². The first-order chi connectivity index (χ1) is 9.19. The molecule has 0 unspecified atom stereocenters. The van der Waals surface area contributed by atoms with Gasteiger partial charge >= 0.3 is 12.0 Å². The SMILES string of the molecule is CCCOc1nc(NC)nc(NCC(=O)OCC)n1. The minimum Gasteiger partial charge on any atom is -0.465 e. The van der Waals surface area contributed by atoms with Gasteiger partial charge in [0.15, 0.2) is 0 Å². The second kappa shape index (κ2) is 8.06. The zero-order valence-electron chi connectivity index (χ0n) is 11.4. The normalized spacial score (nSPS) is 9.84. The molecule has 1 aromatic heterocycles. The Kier molecular flexibility index (Phi) is 6.34. The summed E-state index contributed by atoms with van der Waals surface area (Å²) in [6, 6.07) is 0.215. The highest BCUT2D eigenvalue weighted by Gasteiger charge is 2.08. The topological polar surface area (TPSA) is 98.3 Å². The molecule has 0 saturated carbocycles. The number of nitrogens with one attached hydrogen (secondary N) is 2. The lowest BCUT2D eigenvalue weighted by Crippen LogP contribution is -2.19. The minimum atomic E-state index is -0.370. The van der Waals surface area contributed by atoms with Gasteiger partial charge in [-0.2, -0.15) is 15.0 Å². The van der Waals surface area contributed by atoms with E-state index in [0.717, 1.165) is 6.42 Å². The van der Waals surface area contributed by atoms with E-state index in [1.807, 2.05) is 6.92 Å². The fourth-order valence-electron chi connectivity index (χ4n) is 1.17. The monoisotopic (exact) mass is 269 g/mol. The van der Waals surface area contributed by atoms with Gasteiger partial charge in [-0.25, -0.2) is 0 Å². The van der Waals surface area contributed by atoms with E-state index in [9.17, 15) is 4.79 Å². The minimum absolute atomic E-state index is 0.00573. The average Bonchev–Trinajstić information content (AvgIpc) is 2.43. The Labute approximate surface area is 111 Å². The van der Waals surface area contributed by atoms with Crippen LogP contribution in [0.4, 0.5) is 11.9 Å². The molecule has 106 valence electrons. The van der Waals surface area contributed by atoms with E-state index in [4.69, 9.17) is 9.47 Å². The summed E-state index contributed by atoms with van der Waals surface area (Å²) in [7, 11) is 1.69. The third-order valence-corrected chi connectivity index (χ3v) is 1.97. The Morgan fingerprint density at radius 1 is 1.21 bits per heavy atom. The van der Waals surface area contributed by atoms with Crippen LogP contribution < -0.4 is 15.4 Å². The molecule has 0 spiro atoms. The summed E-state index contributed by atoms with van der Waals surface area (Å²) < 4.78 is 10.1. The van der Waals surface area contributed by atoms with Gasteiger partial charge in [-0.15, -0.1) is 0 Å². The van der Waals surface area contributed by atoms with Crippen molar-refractivity contribution in [2.75, 3.05) is 37.4 Å². The first-order valence-corrected chi connectivity index (χ1v) is 6.15. The summed E-state index contributed by atoms with van der Waals surface area (Å²) in [5.41, 5.74) is 0. The Morgan fingerprint density at radius 3 is 2.58 bits per heavy atom. The largest absolute Gasteiger partial charge is 0.465 e. The van der Waals surface area contributed by atoms with Gasteiger partial charge < -0.3 is 20.1 Å². The first kappa shape index (κ1) is 14.9. The van der Waals surface area contributed by atoms with Crippen LogP contribution in [-0.4, -0.2) is 47.7 Å². The van der Waals surface area contributed by atoms with Crippen LogP contribution in [0.1, 0.15) is 20.3 Å². The van der Waals surface area contributed by atoms with E-state index >= 15 is 0 Å². The average molecular weight is 269 g/mol. The summed E-state index contributed by atoms with van der Waals surface area (Å²) in [4.78, 5) is 23.4. The molecule has 2 N–H and O–H groups in total. The molecule has 1 aromatic rings. The highest BCUT2D eigenvalue weighted by atomic mass is 16.5. The highest BCUT2D eigenvalue weighted by Crippen LogP contribution is 2.10. The smallest absolute Gasteiger partial charge is 0.325 e. The summed E-state index contributed by atoms with van der Waals surface area (Å²) in [6.07, 6.45) is 0.853. The lowest BCUT2D eigenvalue weighted by Gasteiger charge is -2.08. The van der Waals surface area contributed by atoms with Crippen LogP contribution in [0.2, 0.25) is 0 Å². The van der Waals surface area contributed by atoms with Crippen LogP contribution >= 0.6 is 0 Å². The van der Waals surface area contributed by atoms with Gasteiger partial charge in [-0.05, 0) is 13.3 Å². The predicted molar refractivity (Wildman–Crippen MR) is 70.3 cm³/mol. The van der Waals surface area contributed by atoms with Gasteiger partial charge in [0.25, 0.3) is 0 Å². The summed E-state index contributed by atoms with van der Waals surface area (Å²) >= 11 is 0. The van der Waals surface area contributed by atoms with E-state index < -0.39 is 0 Å². The van der Waals surface area contributed by atoms with Gasteiger partial charge in [-0.3, -0.25) is 4.79 Å². The molecule has 0 aliphatic heterocycles. The third-order valence-electron chi connectivity index (χ3n) is 1.97. The van der Waals surface area contributed by atoms with E-state index in [1.165, 1.54) is 0 Å². The second-order valence-corrected chi connectivity index (χ2v) is 3.52. The Balaban J connectivity index is 2.67. The number of aromatic nitrogens is 3. The van der Waals surface area contributed by atoms with Crippen molar-refractivity contribution in [3.05, 3.63) is 0 Å². The van der Waals surface area contributed by atoms with Crippen LogP contribution in [0.15, 0.2) is 0 Å². The van der Waals surface area contributed by atoms with Crippen molar-refractivity contribution in [2.45, 2.75) is 20.3 Å². The fraction of sp³-hybridized carbons (Fsp3) is 0.636. The quantitative estimate of drug-likeness (QED) is 0.665. The number of ether oxygens (including phenoxy) is 2. The molecule has 0 aliphatic rings. The van der Waals surface area contributed by atoms with Gasteiger partial charge in [0, 0.05) is 7.05 Å². The summed E-state index contributed by atoms with van der Waals surface area (Å²) in [5.74, 6) is 0.260. The highest BCUT2D eigenvalue weighted by molar-refractivity contribution is 5.74. The van der Waals surface area contributed by atoms with Gasteiger partial charge in [0.1, 0.15) is 6.54 Å². The molecule has 1 heterocycles. The number of anilines is 2. The van der Waals surface area contributed by atoms with Crippen molar-refractivity contribution < 1.29 is 14.3 Å². The maximum absolute atomic E-state index is 11.2. The molecular formula is C11H19N5O3. The number of carbonyl (C=O) groups is 1. The molecule has 19 heavy (non-hydrogen) atoms. The van der Waals surface area contributed by atoms with Crippen molar-refractivity contribution in [2.24, 2.45) is 0 Å². The molecule has 0 atom stereocenters. The standard InChI is InChI=1S/C11H19N5O3/c1-4-6-19-11-15-9(12-3)14-10(16-11)13-7-8(17)18-5-2/h4-7H2,1-3H3,(H2,12,13,14,15,16). The van der Waals surface area contributed by atoms with E-state index in [0.29, 0.717) is 19.2 Å². The molecule has 8 nitrogen and oxygen atoms in total. The number of hydrogen-bond donors (Lipinski definition) is 2. The van der Waals surface area contributed by atoms with Crippen LogP contribution in [0.25, 0.3) is 0 Å². The van der Waals surface area contributed by atoms with Gasteiger partial charge in [0.2, 0.25) is 11.9 Å². The molecule has 0 fully saturated rings. The zero-order valence-corrected chi connectivity index (χ0v) is 11.4. The molecular weight excluding hydrogens is 250 g/mol. The Bertz CT molecular complexity index is 413. The number of hydrogen-bond acceptors (Lipinski definition) is 8. The maximum Gasteiger partial charge on any atom is 0.325 e. The van der Waals surface area contributed by atoms with Crippen LogP contribution in [0.3, 0.4) is 0 Å². The number of nitrogens with zero attached hydrogens (tertiary/aromatic N) is 3. The number of rotatable bonds is 8.